The third-order valence-electron chi connectivity index (χ3n) is 6.01. The molecule has 1 atom stereocenters. The molecular formula is C26H34N2O3. The summed E-state index contributed by atoms with van der Waals surface area (Å²) in [5.41, 5.74) is 3.05. The number of amides is 2. The lowest BCUT2D eigenvalue weighted by molar-refractivity contribution is -0.142. The summed E-state index contributed by atoms with van der Waals surface area (Å²) in [5.74, 6) is 0.409. The second-order valence-electron chi connectivity index (χ2n) is 8.58. The molecule has 1 saturated carbocycles. The second kappa shape index (κ2) is 11.0. The van der Waals surface area contributed by atoms with Crippen LogP contribution >= 0.6 is 0 Å². The highest BCUT2D eigenvalue weighted by Crippen LogP contribution is 2.20. The van der Waals surface area contributed by atoms with Crippen molar-refractivity contribution in [1.82, 2.24) is 10.2 Å². The van der Waals surface area contributed by atoms with Crippen LogP contribution in [-0.2, 0) is 16.1 Å². The normalized spacial score (nSPS) is 15.2. The number of benzene rings is 2. The van der Waals surface area contributed by atoms with Gasteiger partial charge in [-0.3, -0.25) is 9.59 Å². The summed E-state index contributed by atoms with van der Waals surface area (Å²) in [5, 5.41) is 3.16. The molecule has 0 unspecified atom stereocenters. The fourth-order valence-corrected chi connectivity index (χ4v) is 4.02. The monoisotopic (exact) mass is 422 g/mol. The van der Waals surface area contributed by atoms with Crippen molar-refractivity contribution < 1.29 is 14.3 Å². The number of aryl methyl sites for hydroxylation is 2. The number of ether oxygens (including phenoxy) is 1. The van der Waals surface area contributed by atoms with E-state index in [4.69, 9.17) is 4.74 Å². The first kappa shape index (κ1) is 22.9. The van der Waals surface area contributed by atoms with Gasteiger partial charge >= 0.3 is 0 Å². The molecule has 31 heavy (non-hydrogen) atoms. The Labute approximate surface area is 185 Å². The molecule has 0 aliphatic heterocycles. The molecule has 2 amide bonds. The number of hydrogen-bond acceptors (Lipinski definition) is 3. The van der Waals surface area contributed by atoms with Gasteiger partial charge in [0, 0.05) is 12.6 Å². The maximum Gasteiger partial charge on any atom is 0.261 e. The zero-order valence-corrected chi connectivity index (χ0v) is 18.9. The quantitative estimate of drug-likeness (QED) is 0.679. The predicted octanol–water partition coefficient (Wildman–Crippen LogP) is 4.55. The van der Waals surface area contributed by atoms with Gasteiger partial charge in [-0.05, 0) is 56.4 Å². The van der Waals surface area contributed by atoms with Gasteiger partial charge in [0.05, 0.1) is 0 Å². The van der Waals surface area contributed by atoms with E-state index in [2.05, 4.69) is 5.32 Å². The number of carbonyl (C=O) groups is 2. The summed E-state index contributed by atoms with van der Waals surface area (Å²) in [6, 6.07) is 15.3. The van der Waals surface area contributed by atoms with Gasteiger partial charge in [-0.25, -0.2) is 0 Å². The molecule has 0 radical (unpaired) electrons. The number of hydrogen-bond donors (Lipinski definition) is 1. The highest BCUT2D eigenvalue weighted by molar-refractivity contribution is 5.88. The maximum absolute atomic E-state index is 13.2. The lowest BCUT2D eigenvalue weighted by atomic mass is 9.95. The molecule has 2 aromatic rings. The largest absolute Gasteiger partial charge is 0.483 e. The van der Waals surface area contributed by atoms with Crippen LogP contribution in [0.15, 0.2) is 48.5 Å². The molecule has 1 aliphatic rings. The molecule has 2 aromatic carbocycles. The summed E-state index contributed by atoms with van der Waals surface area (Å²) in [6.07, 6.45) is 5.56. The molecule has 5 heteroatoms. The molecular weight excluding hydrogens is 388 g/mol. The van der Waals surface area contributed by atoms with Crippen LogP contribution in [0.2, 0.25) is 0 Å². The minimum absolute atomic E-state index is 0.0945. The van der Waals surface area contributed by atoms with E-state index in [-0.39, 0.29) is 24.5 Å². The Bertz CT molecular complexity index is 875. The molecule has 1 aliphatic carbocycles. The van der Waals surface area contributed by atoms with Crippen LogP contribution in [0.3, 0.4) is 0 Å². The van der Waals surface area contributed by atoms with E-state index in [9.17, 15) is 9.59 Å². The van der Waals surface area contributed by atoms with E-state index in [0.29, 0.717) is 12.3 Å². The van der Waals surface area contributed by atoms with E-state index >= 15 is 0 Å². The van der Waals surface area contributed by atoms with Gasteiger partial charge in [0.1, 0.15) is 11.8 Å². The first-order chi connectivity index (χ1) is 14.9. The van der Waals surface area contributed by atoms with Crippen molar-refractivity contribution in [2.45, 2.75) is 71.5 Å². The van der Waals surface area contributed by atoms with Gasteiger partial charge in [-0.2, -0.15) is 0 Å². The van der Waals surface area contributed by atoms with Crippen molar-refractivity contribution in [3.8, 4) is 5.75 Å². The molecule has 0 bridgehead atoms. The second-order valence-corrected chi connectivity index (χ2v) is 8.58. The Morgan fingerprint density at radius 1 is 1.06 bits per heavy atom. The van der Waals surface area contributed by atoms with Crippen molar-refractivity contribution in [3.05, 3.63) is 65.2 Å². The molecule has 0 saturated heterocycles. The van der Waals surface area contributed by atoms with E-state index in [0.717, 1.165) is 42.4 Å². The van der Waals surface area contributed by atoms with Crippen molar-refractivity contribution in [2.75, 3.05) is 6.61 Å². The molecule has 0 heterocycles. The van der Waals surface area contributed by atoms with Crippen LogP contribution in [-0.4, -0.2) is 35.4 Å². The molecule has 1 N–H and O–H groups in total. The summed E-state index contributed by atoms with van der Waals surface area (Å²) >= 11 is 0. The number of rotatable bonds is 8. The first-order valence-corrected chi connectivity index (χ1v) is 11.3. The highest BCUT2D eigenvalue weighted by atomic mass is 16.5. The number of nitrogens with zero attached hydrogens (tertiary/aromatic N) is 1. The fraction of sp³-hybridized carbons (Fsp3) is 0.462. The summed E-state index contributed by atoms with van der Waals surface area (Å²) in [4.78, 5) is 27.8. The Hall–Kier alpha value is -2.82. The van der Waals surface area contributed by atoms with E-state index in [1.807, 2.05) is 62.4 Å². The molecule has 5 nitrogen and oxygen atoms in total. The van der Waals surface area contributed by atoms with Crippen LogP contribution in [0, 0.1) is 13.8 Å². The summed E-state index contributed by atoms with van der Waals surface area (Å²) in [7, 11) is 0. The zero-order valence-electron chi connectivity index (χ0n) is 18.9. The van der Waals surface area contributed by atoms with Gasteiger partial charge in [-0.15, -0.1) is 0 Å². The topological polar surface area (TPSA) is 58.6 Å². The lowest BCUT2D eigenvalue weighted by Crippen LogP contribution is -2.51. The van der Waals surface area contributed by atoms with Gasteiger partial charge in [0.15, 0.2) is 6.61 Å². The summed E-state index contributed by atoms with van der Waals surface area (Å²) in [6.45, 7) is 6.03. The van der Waals surface area contributed by atoms with Gasteiger partial charge in [0.2, 0.25) is 5.91 Å². The van der Waals surface area contributed by atoms with E-state index in [1.54, 1.807) is 11.8 Å². The Kier molecular flexibility index (Phi) is 8.10. The van der Waals surface area contributed by atoms with Crippen molar-refractivity contribution in [1.29, 1.82) is 0 Å². The van der Waals surface area contributed by atoms with E-state index in [1.165, 1.54) is 6.42 Å². The van der Waals surface area contributed by atoms with Gasteiger partial charge < -0.3 is 15.0 Å². The first-order valence-electron chi connectivity index (χ1n) is 11.3. The third-order valence-corrected chi connectivity index (χ3v) is 6.01. The van der Waals surface area contributed by atoms with Crippen LogP contribution in [0.4, 0.5) is 0 Å². The Morgan fingerprint density at radius 3 is 2.48 bits per heavy atom. The van der Waals surface area contributed by atoms with Crippen LogP contribution in [0.25, 0.3) is 0 Å². The minimum atomic E-state index is -0.572. The third kappa shape index (κ3) is 6.58. The fourth-order valence-electron chi connectivity index (χ4n) is 4.02. The van der Waals surface area contributed by atoms with Crippen LogP contribution in [0.1, 0.15) is 55.7 Å². The van der Waals surface area contributed by atoms with Gasteiger partial charge in [-0.1, -0.05) is 61.7 Å². The highest BCUT2D eigenvalue weighted by Gasteiger charge is 2.28. The molecule has 0 aromatic heterocycles. The minimum Gasteiger partial charge on any atom is -0.483 e. The molecule has 166 valence electrons. The van der Waals surface area contributed by atoms with Crippen LogP contribution in [0.5, 0.6) is 5.75 Å². The van der Waals surface area contributed by atoms with Gasteiger partial charge in [0.25, 0.3) is 5.91 Å². The van der Waals surface area contributed by atoms with Crippen molar-refractivity contribution in [3.63, 3.8) is 0 Å². The number of carbonyl (C=O) groups excluding carboxylic acids is 2. The molecule has 0 spiro atoms. The maximum atomic E-state index is 13.2. The smallest absolute Gasteiger partial charge is 0.261 e. The zero-order chi connectivity index (χ0) is 22.2. The lowest BCUT2D eigenvalue weighted by Gasteiger charge is -2.31. The van der Waals surface area contributed by atoms with Crippen LogP contribution < -0.4 is 10.1 Å². The van der Waals surface area contributed by atoms with Crippen molar-refractivity contribution >= 4 is 11.8 Å². The van der Waals surface area contributed by atoms with Crippen molar-refractivity contribution in [2.24, 2.45) is 0 Å². The standard InChI is InChI=1S/C26H34N2O3/c1-19-14-15-20(2)24(16-19)31-18-25(29)28(17-22-10-6-4-7-11-22)21(3)26(30)27-23-12-8-5-9-13-23/h4,6-7,10-11,14-16,21,23H,5,8-9,12-13,17-18H2,1-3H3,(H,27,30)/t21-/m1/s1. The average Bonchev–Trinajstić information content (AvgIpc) is 2.78. The Morgan fingerprint density at radius 2 is 1.77 bits per heavy atom. The number of nitrogens with one attached hydrogen (secondary N) is 1. The average molecular weight is 423 g/mol. The molecule has 3 rings (SSSR count). The van der Waals surface area contributed by atoms with E-state index < -0.39 is 6.04 Å². The Balaban J connectivity index is 1.70. The SMILES string of the molecule is Cc1ccc(C)c(OCC(=O)N(Cc2ccccc2)[C@H](C)C(=O)NC2CCCCC2)c1. The summed E-state index contributed by atoms with van der Waals surface area (Å²) < 4.78 is 5.86. The molecule has 1 fully saturated rings. The predicted molar refractivity (Wildman–Crippen MR) is 123 cm³/mol.